The van der Waals surface area contributed by atoms with Gasteiger partial charge in [-0.05, 0) is 33.1 Å². The van der Waals surface area contributed by atoms with Gasteiger partial charge in [0, 0.05) is 0 Å². The van der Waals surface area contributed by atoms with Crippen LogP contribution in [0.1, 0.15) is 30.7 Å². The number of anilines is 1. The minimum atomic E-state index is 0.383. The van der Waals surface area contributed by atoms with Crippen molar-refractivity contribution in [1.29, 1.82) is 0 Å². The molecule has 2 bridgehead atoms. The lowest BCUT2D eigenvalue weighted by Gasteiger charge is -2.20. The SMILES string of the molecule is Cc1ncc(NC2CC3CCC2O3)nc1C. The monoisotopic (exact) mass is 219 g/mol. The van der Waals surface area contributed by atoms with Crippen molar-refractivity contribution in [3.05, 3.63) is 17.6 Å². The molecule has 2 aliphatic heterocycles. The number of aryl methyl sites for hydroxylation is 2. The summed E-state index contributed by atoms with van der Waals surface area (Å²) in [6.07, 6.45) is 6.19. The normalized spacial score (nSPS) is 32.0. The highest BCUT2D eigenvalue weighted by atomic mass is 16.5. The summed E-state index contributed by atoms with van der Waals surface area (Å²) in [6.45, 7) is 3.97. The van der Waals surface area contributed by atoms with Crippen molar-refractivity contribution in [1.82, 2.24) is 9.97 Å². The van der Waals surface area contributed by atoms with Crippen molar-refractivity contribution in [2.45, 2.75) is 51.4 Å². The lowest BCUT2D eigenvalue weighted by atomic mass is 9.95. The maximum Gasteiger partial charge on any atom is 0.145 e. The van der Waals surface area contributed by atoms with Gasteiger partial charge in [-0.15, -0.1) is 0 Å². The lowest BCUT2D eigenvalue weighted by molar-refractivity contribution is 0.102. The molecule has 0 saturated carbocycles. The first kappa shape index (κ1) is 10.0. The van der Waals surface area contributed by atoms with E-state index in [9.17, 15) is 0 Å². The molecule has 0 aromatic carbocycles. The number of nitrogens with zero attached hydrogens (tertiary/aromatic N) is 2. The standard InChI is InChI=1S/C12H17N3O/c1-7-8(2)14-12(6-13-7)15-10-5-9-3-4-11(10)16-9/h6,9-11H,3-5H2,1-2H3,(H,14,15). The molecule has 0 radical (unpaired) electrons. The molecule has 3 unspecified atom stereocenters. The molecular weight excluding hydrogens is 202 g/mol. The molecule has 3 rings (SSSR count). The van der Waals surface area contributed by atoms with Gasteiger partial charge in [0.05, 0.1) is 35.8 Å². The largest absolute Gasteiger partial charge is 0.373 e. The Balaban J connectivity index is 1.72. The predicted octanol–water partition coefficient (Wildman–Crippen LogP) is 1.83. The molecule has 4 heteroatoms. The van der Waals surface area contributed by atoms with Crippen molar-refractivity contribution >= 4 is 5.82 Å². The number of aromatic nitrogens is 2. The van der Waals surface area contributed by atoms with Crippen LogP contribution in [0.3, 0.4) is 0 Å². The van der Waals surface area contributed by atoms with Crippen LogP contribution >= 0.6 is 0 Å². The summed E-state index contributed by atoms with van der Waals surface area (Å²) >= 11 is 0. The Morgan fingerprint density at radius 1 is 1.31 bits per heavy atom. The Bertz CT molecular complexity index is 407. The third-order valence-electron chi connectivity index (χ3n) is 3.63. The van der Waals surface area contributed by atoms with Gasteiger partial charge in [0.25, 0.3) is 0 Å². The van der Waals surface area contributed by atoms with Crippen LogP contribution in [0.25, 0.3) is 0 Å². The summed E-state index contributed by atoms with van der Waals surface area (Å²) in [6, 6.07) is 0.426. The second kappa shape index (κ2) is 3.70. The second-order valence-corrected chi connectivity index (χ2v) is 4.79. The van der Waals surface area contributed by atoms with Gasteiger partial charge in [-0.2, -0.15) is 0 Å². The zero-order valence-electron chi connectivity index (χ0n) is 9.73. The van der Waals surface area contributed by atoms with E-state index in [0.717, 1.165) is 23.6 Å². The van der Waals surface area contributed by atoms with Crippen LogP contribution in [0.2, 0.25) is 0 Å². The quantitative estimate of drug-likeness (QED) is 0.824. The van der Waals surface area contributed by atoms with E-state index in [2.05, 4.69) is 15.3 Å². The van der Waals surface area contributed by atoms with Gasteiger partial charge in [-0.25, -0.2) is 4.98 Å². The van der Waals surface area contributed by atoms with Gasteiger partial charge in [-0.3, -0.25) is 4.98 Å². The van der Waals surface area contributed by atoms with Crippen LogP contribution in [0.5, 0.6) is 0 Å². The summed E-state index contributed by atoms with van der Waals surface area (Å²) in [5.41, 5.74) is 1.99. The van der Waals surface area contributed by atoms with E-state index in [-0.39, 0.29) is 0 Å². The Morgan fingerprint density at radius 2 is 2.19 bits per heavy atom. The van der Waals surface area contributed by atoms with Crippen molar-refractivity contribution in [3.63, 3.8) is 0 Å². The first-order chi connectivity index (χ1) is 7.72. The minimum absolute atomic E-state index is 0.383. The third kappa shape index (κ3) is 1.67. The summed E-state index contributed by atoms with van der Waals surface area (Å²) in [5, 5.41) is 3.44. The predicted molar refractivity (Wildman–Crippen MR) is 61.4 cm³/mol. The van der Waals surface area contributed by atoms with Gasteiger partial charge < -0.3 is 10.1 Å². The third-order valence-corrected chi connectivity index (χ3v) is 3.63. The summed E-state index contributed by atoms with van der Waals surface area (Å²) in [7, 11) is 0. The Kier molecular flexibility index (Phi) is 2.32. The minimum Gasteiger partial charge on any atom is -0.373 e. The lowest BCUT2D eigenvalue weighted by Crippen LogP contribution is -2.30. The van der Waals surface area contributed by atoms with E-state index in [1.807, 2.05) is 20.0 Å². The van der Waals surface area contributed by atoms with Crippen molar-refractivity contribution in [2.24, 2.45) is 0 Å². The molecule has 2 saturated heterocycles. The fourth-order valence-corrected chi connectivity index (χ4v) is 2.59. The number of hydrogen-bond donors (Lipinski definition) is 1. The molecule has 86 valence electrons. The van der Waals surface area contributed by atoms with Gasteiger partial charge >= 0.3 is 0 Å². The molecule has 2 fully saturated rings. The van der Waals surface area contributed by atoms with E-state index >= 15 is 0 Å². The molecule has 3 atom stereocenters. The Hall–Kier alpha value is -1.16. The van der Waals surface area contributed by atoms with Crippen LogP contribution in [0, 0.1) is 13.8 Å². The molecule has 1 aromatic rings. The first-order valence-electron chi connectivity index (χ1n) is 5.94. The molecule has 0 amide bonds. The summed E-state index contributed by atoms with van der Waals surface area (Å²) in [4.78, 5) is 8.81. The van der Waals surface area contributed by atoms with E-state index in [1.165, 1.54) is 12.8 Å². The number of nitrogens with one attached hydrogen (secondary N) is 1. The molecule has 1 N–H and O–H groups in total. The van der Waals surface area contributed by atoms with Gasteiger partial charge in [0.2, 0.25) is 0 Å². The maximum absolute atomic E-state index is 5.80. The highest BCUT2D eigenvalue weighted by Crippen LogP contribution is 2.35. The summed E-state index contributed by atoms with van der Waals surface area (Å²) < 4.78 is 5.80. The average Bonchev–Trinajstić information content (AvgIpc) is 2.85. The Labute approximate surface area is 95.4 Å². The Morgan fingerprint density at radius 3 is 2.81 bits per heavy atom. The average molecular weight is 219 g/mol. The first-order valence-corrected chi connectivity index (χ1v) is 5.94. The fraction of sp³-hybridized carbons (Fsp3) is 0.667. The van der Waals surface area contributed by atoms with Gasteiger partial charge in [-0.1, -0.05) is 0 Å². The number of fused-ring (bicyclic) bond motifs is 2. The second-order valence-electron chi connectivity index (χ2n) is 4.79. The highest BCUT2D eigenvalue weighted by Gasteiger charge is 2.40. The fourth-order valence-electron chi connectivity index (χ4n) is 2.59. The van der Waals surface area contributed by atoms with Crippen molar-refractivity contribution in [3.8, 4) is 0 Å². The van der Waals surface area contributed by atoms with Crippen LogP contribution < -0.4 is 5.32 Å². The molecule has 4 nitrogen and oxygen atoms in total. The van der Waals surface area contributed by atoms with Crippen molar-refractivity contribution < 1.29 is 4.74 Å². The van der Waals surface area contributed by atoms with Crippen LogP contribution in [0.4, 0.5) is 5.82 Å². The van der Waals surface area contributed by atoms with E-state index in [1.54, 1.807) is 0 Å². The number of rotatable bonds is 2. The smallest absolute Gasteiger partial charge is 0.145 e. The van der Waals surface area contributed by atoms with Crippen LogP contribution in [-0.4, -0.2) is 28.2 Å². The molecule has 1 aromatic heterocycles. The zero-order valence-corrected chi connectivity index (χ0v) is 9.73. The van der Waals surface area contributed by atoms with Crippen molar-refractivity contribution in [2.75, 3.05) is 5.32 Å². The zero-order chi connectivity index (χ0) is 11.1. The van der Waals surface area contributed by atoms with Gasteiger partial charge in [0.15, 0.2) is 0 Å². The molecule has 16 heavy (non-hydrogen) atoms. The molecule has 3 heterocycles. The topological polar surface area (TPSA) is 47.0 Å². The molecular formula is C12H17N3O. The van der Waals surface area contributed by atoms with E-state index in [4.69, 9.17) is 4.74 Å². The summed E-state index contributed by atoms with van der Waals surface area (Å²) in [5.74, 6) is 0.879. The highest BCUT2D eigenvalue weighted by molar-refractivity contribution is 5.35. The maximum atomic E-state index is 5.80. The van der Waals surface area contributed by atoms with E-state index in [0.29, 0.717) is 18.2 Å². The molecule has 0 aliphatic carbocycles. The van der Waals surface area contributed by atoms with Gasteiger partial charge in [0.1, 0.15) is 5.82 Å². The van der Waals surface area contributed by atoms with E-state index < -0.39 is 0 Å². The number of hydrogen-bond acceptors (Lipinski definition) is 4. The molecule has 2 aliphatic rings. The number of ether oxygens (including phenoxy) is 1. The van der Waals surface area contributed by atoms with Crippen LogP contribution in [-0.2, 0) is 4.74 Å². The van der Waals surface area contributed by atoms with Crippen LogP contribution in [0.15, 0.2) is 6.20 Å². The molecule has 0 spiro atoms.